The van der Waals surface area contributed by atoms with Crippen LogP contribution < -0.4 is 36.7 Å². The maximum atomic E-state index is 13.1. The van der Waals surface area contributed by atoms with E-state index in [2.05, 4.69) is 10.5 Å². The number of aromatic nitrogens is 4. The minimum Gasteiger partial charge on any atom is -0.362 e. The first kappa shape index (κ1) is 61.4. The Balaban J connectivity index is 0.000000146. The average molecular weight is 1250 g/mol. The molecule has 8 aromatic rings. The summed E-state index contributed by atoms with van der Waals surface area (Å²) in [5.41, 5.74) is -2.46. The van der Waals surface area contributed by atoms with Crippen molar-refractivity contribution >= 4 is 108 Å². The van der Waals surface area contributed by atoms with Gasteiger partial charge in [0.1, 0.15) is 23.6 Å². The van der Waals surface area contributed by atoms with Crippen LogP contribution in [0.2, 0.25) is 0 Å². The van der Waals surface area contributed by atoms with Gasteiger partial charge in [0, 0.05) is 126 Å². The molecule has 4 saturated heterocycles. The number of halogens is 3. The van der Waals surface area contributed by atoms with E-state index in [0.717, 1.165) is 11.6 Å². The highest BCUT2D eigenvalue weighted by Crippen LogP contribution is 2.38. The van der Waals surface area contributed by atoms with Gasteiger partial charge in [0.05, 0.1) is 48.4 Å². The van der Waals surface area contributed by atoms with Crippen molar-refractivity contribution in [3.8, 4) is 0 Å². The van der Waals surface area contributed by atoms with Crippen LogP contribution in [0.3, 0.4) is 0 Å². The number of fused-ring (bicyclic) bond motifs is 3. The molecule has 1 N–H and O–H groups in total. The number of nitrogens with one attached hydrogen (secondary N) is 1. The Kier molecular flexibility index (Phi) is 17.9. The minimum atomic E-state index is -4.73. The highest BCUT2D eigenvalue weighted by atomic mass is 32.2. The highest BCUT2D eigenvalue weighted by Gasteiger charge is 2.38. The molecule has 27 nitrogen and oxygen atoms in total. The molecule has 0 radical (unpaired) electrons. The summed E-state index contributed by atoms with van der Waals surface area (Å²) in [4.78, 5) is 120. The fraction of sp³-hybridized carbons (Fsp3) is 0.339. The Labute approximate surface area is 503 Å². The van der Waals surface area contributed by atoms with Crippen molar-refractivity contribution in [2.24, 2.45) is 14.1 Å². The number of carbonyl (C=O) groups excluding carboxylic acids is 3. The molecule has 0 bridgehead atoms. The van der Waals surface area contributed by atoms with Gasteiger partial charge in [0.25, 0.3) is 11.8 Å². The summed E-state index contributed by atoms with van der Waals surface area (Å²) >= 11 is 3.01. The van der Waals surface area contributed by atoms with Crippen LogP contribution in [-0.4, -0.2) is 168 Å². The number of piperazine rings is 3. The molecule has 1 unspecified atom stereocenters. The van der Waals surface area contributed by atoms with E-state index in [9.17, 15) is 72.3 Å². The molecule has 4 aliphatic rings. The van der Waals surface area contributed by atoms with Crippen molar-refractivity contribution in [2.75, 3.05) is 105 Å². The number of hydrogen-bond donors (Lipinski definition) is 1. The van der Waals surface area contributed by atoms with E-state index in [1.54, 1.807) is 109 Å². The molecule has 88 heavy (non-hydrogen) atoms. The molecule has 0 spiro atoms. The standard InChI is InChI=1S/C20H17F3N4O4S.C18H17N5O5.C18H21N5O4S/c21-20(22,23)12-26-14-5-2-1-4-13(14)16(17(19(26)29)27(30)31)24-7-9-25(10-8-24)18(28)15-6-3-11-32-15;1-20-13-5-3-2-4-12(13)15(16(18(20)25)23(26)27)21-8-10-22(11-9-21)17(24)14-6-7-19-28-14;1-20-14-5-3-2-4-12(14)15(16(18(20)25)23(26)27)21-6-8-22(9-7-21)17(24)13-10-28-11-19-13/h1-6,11H,7-10,12H2;2-7H,8-11H2,1H3;2-5,13,19H,6-11H2,1H3. The van der Waals surface area contributed by atoms with E-state index >= 15 is 0 Å². The molecule has 0 aliphatic carbocycles. The van der Waals surface area contributed by atoms with Gasteiger partial charge in [-0.1, -0.05) is 65.8 Å². The van der Waals surface area contributed by atoms with Gasteiger partial charge in [-0.3, -0.25) is 69.0 Å². The predicted molar refractivity (Wildman–Crippen MR) is 323 cm³/mol. The first-order valence-electron chi connectivity index (χ1n) is 27.4. The average Bonchev–Trinajstić information content (AvgIpc) is 1.40. The van der Waals surface area contributed by atoms with Crippen LogP contribution in [-0.2, 0) is 25.4 Å². The molecule has 1 atom stereocenters. The number of para-hydroxylation sites is 3. The Morgan fingerprint density at radius 3 is 1.43 bits per heavy atom. The number of anilines is 3. The summed E-state index contributed by atoms with van der Waals surface area (Å²) in [6.07, 6.45) is -3.32. The molecular weight excluding hydrogens is 1200 g/mol. The molecule has 4 aliphatic heterocycles. The van der Waals surface area contributed by atoms with Gasteiger partial charge < -0.3 is 43.1 Å². The number of benzene rings is 3. The van der Waals surface area contributed by atoms with Crippen LogP contribution in [0, 0.1) is 30.3 Å². The number of pyridine rings is 3. The smallest absolute Gasteiger partial charge is 0.362 e. The van der Waals surface area contributed by atoms with Gasteiger partial charge in [-0.25, -0.2) is 0 Å². The number of thiophene rings is 1. The highest BCUT2D eigenvalue weighted by molar-refractivity contribution is 7.99. The molecule has 3 aromatic carbocycles. The second-order valence-corrected chi connectivity index (χ2v) is 22.6. The lowest BCUT2D eigenvalue weighted by atomic mass is 10.1. The second-order valence-electron chi connectivity index (χ2n) is 20.6. The second kappa shape index (κ2) is 25.7. The third-order valence-electron chi connectivity index (χ3n) is 15.6. The van der Waals surface area contributed by atoms with E-state index in [0.29, 0.717) is 95.0 Å². The van der Waals surface area contributed by atoms with Crippen LogP contribution in [0.5, 0.6) is 0 Å². The zero-order valence-electron chi connectivity index (χ0n) is 47.1. The van der Waals surface area contributed by atoms with Crippen LogP contribution >= 0.6 is 23.1 Å². The molecule has 0 saturated carbocycles. The molecule has 3 amide bonds. The number of nitro groups is 3. The summed E-state index contributed by atoms with van der Waals surface area (Å²) < 4.78 is 47.2. The van der Waals surface area contributed by atoms with Crippen LogP contribution in [0.1, 0.15) is 20.2 Å². The van der Waals surface area contributed by atoms with Crippen molar-refractivity contribution in [2.45, 2.75) is 18.8 Å². The minimum absolute atomic E-state index is 0.0164. The first-order chi connectivity index (χ1) is 42.1. The van der Waals surface area contributed by atoms with Gasteiger partial charge in [-0.2, -0.15) is 13.2 Å². The van der Waals surface area contributed by atoms with Crippen molar-refractivity contribution in [1.82, 2.24) is 38.9 Å². The van der Waals surface area contributed by atoms with E-state index in [1.807, 2.05) is 11.0 Å². The quantitative estimate of drug-likeness (QED) is 0.128. The number of thioether (sulfide) groups is 1. The number of nitrogens with zero attached hydrogens (tertiary/aromatic N) is 13. The molecule has 4 fully saturated rings. The maximum absolute atomic E-state index is 13.1. The van der Waals surface area contributed by atoms with Gasteiger partial charge in [0.15, 0.2) is 0 Å². The summed E-state index contributed by atoms with van der Waals surface area (Å²) in [6.45, 7) is 2.54. The topological polar surface area (TPSA) is 304 Å². The lowest BCUT2D eigenvalue weighted by Crippen LogP contribution is -2.54. The maximum Gasteiger partial charge on any atom is 0.406 e. The van der Waals surface area contributed by atoms with Crippen LogP contribution in [0.25, 0.3) is 32.7 Å². The predicted octanol–water partition coefficient (Wildman–Crippen LogP) is 5.65. The fourth-order valence-electron chi connectivity index (χ4n) is 11.3. The number of aryl methyl sites for hydroxylation is 2. The van der Waals surface area contributed by atoms with Gasteiger partial charge in [0.2, 0.25) is 11.7 Å². The normalized spacial score (nSPS) is 16.3. The molecular formula is C56H55F3N14O13S2. The SMILES string of the molecule is Cn1c(=O)c([N+](=O)[O-])c(N2CCN(C(=O)C3CSCN3)CC2)c2ccccc21.Cn1c(=O)c([N+](=O)[O-])c(N2CCN(C(=O)c3ccno3)CC2)c2ccccc21.O=C(c1cccs1)N1CCN(c2c([N+](=O)[O-])c(=O)n(CC(F)(F)F)c3ccccc23)CC1. The lowest BCUT2D eigenvalue weighted by Gasteiger charge is -2.37. The molecule has 5 aromatic heterocycles. The number of rotatable bonds is 10. The molecule has 32 heteroatoms. The van der Waals surface area contributed by atoms with Gasteiger partial charge >= 0.3 is 39.9 Å². The summed E-state index contributed by atoms with van der Waals surface area (Å²) in [6, 6.07) is 24.9. The molecule has 460 valence electrons. The summed E-state index contributed by atoms with van der Waals surface area (Å²) in [5, 5.41) is 45.2. The number of alkyl halides is 3. The van der Waals surface area contributed by atoms with E-state index in [4.69, 9.17) is 4.52 Å². The third kappa shape index (κ3) is 12.3. The van der Waals surface area contributed by atoms with Crippen LogP contribution in [0.4, 0.5) is 47.3 Å². The Bertz CT molecular complexity index is 4190. The molecule has 9 heterocycles. The van der Waals surface area contributed by atoms with Crippen molar-refractivity contribution in [1.29, 1.82) is 0 Å². The fourth-order valence-corrected chi connectivity index (χ4v) is 12.9. The third-order valence-corrected chi connectivity index (χ3v) is 17.4. The van der Waals surface area contributed by atoms with E-state index in [-0.39, 0.29) is 72.3 Å². The zero-order valence-corrected chi connectivity index (χ0v) is 48.7. The Morgan fingerprint density at radius 2 is 1.02 bits per heavy atom. The number of amides is 3. The Hall–Kier alpha value is -9.69. The lowest BCUT2D eigenvalue weighted by molar-refractivity contribution is -0.385. The van der Waals surface area contributed by atoms with E-state index in [1.165, 1.54) is 58.0 Å². The summed E-state index contributed by atoms with van der Waals surface area (Å²) in [5.74, 6) is 1.35. The van der Waals surface area contributed by atoms with Crippen LogP contribution in [0.15, 0.2) is 121 Å². The van der Waals surface area contributed by atoms with Crippen molar-refractivity contribution < 1.29 is 46.8 Å². The largest absolute Gasteiger partial charge is 0.406 e. The van der Waals surface area contributed by atoms with Crippen molar-refractivity contribution in [3.63, 3.8) is 0 Å². The van der Waals surface area contributed by atoms with Gasteiger partial charge in [-0.15, -0.1) is 23.1 Å². The monoisotopic (exact) mass is 1250 g/mol. The Morgan fingerprint density at radius 1 is 0.591 bits per heavy atom. The first-order valence-corrected chi connectivity index (χ1v) is 29.4. The zero-order chi connectivity index (χ0) is 62.7. The van der Waals surface area contributed by atoms with Gasteiger partial charge in [-0.05, 0) is 29.6 Å². The summed E-state index contributed by atoms with van der Waals surface area (Å²) in [7, 11) is 3.07. The number of carbonyl (C=O) groups is 3. The van der Waals surface area contributed by atoms with Crippen molar-refractivity contribution in [3.05, 3.63) is 175 Å². The van der Waals surface area contributed by atoms with E-state index < -0.39 is 61.2 Å². The molecule has 12 rings (SSSR count). The number of hydrogen-bond acceptors (Lipinski definition) is 20.